The summed E-state index contributed by atoms with van der Waals surface area (Å²) in [6.45, 7) is 1.65. The molecule has 7 nitrogen and oxygen atoms in total. The SMILES string of the molecule is Cc1ccc(-c2nnc(CCC(=O)OCC(=O)Nc3ccccc3)o2)cc1. The fourth-order valence-electron chi connectivity index (χ4n) is 2.31. The second-order valence-electron chi connectivity index (χ2n) is 5.94. The monoisotopic (exact) mass is 365 g/mol. The maximum atomic E-state index is 11.8. The van der Waals surface area contributed by atoms with Crippen LogP contribution < -0.4 is 5.32 Å². The van der Waals surface area contributed by atoms with Crippen molar-refractivity contribution in [2.75, 3.05) is 11.9 Å². The average molecular weight is 365 g/mol. The Morgan fingerprint density at radius 2 is 1.78 bits per heavy atom. The van der Waals surface area contributed by atoms with E-state index >= 15 is 0 Å². The molecule has 0 saturated heterocycles. The Morgan fingerprint density at radius 3 is 2.52 bits per heavy atom. The highest BCUT2D eigenvalue weighted by atomic mass is 16.5. The summed E-state index contributed by atoms with van der Waals surface area (Å²) in [5.74, 6) is -0.154. The molecule has 0 aliphatic rings. The Bertz CT molecular complexity index is 904. The Labute approximate surface area is 156 Å². The maximum Gasteiger partial charge on any atom is 0.306 e. The van der Waals surface area contributed by atoms with Gasteiger partial charge in [-0.25, -0.2) is 0 Å². The number of carbonyl (C=O) groups excluding carboxylic acids is 2. The van der Waals surface area contributed by atoms with Gasteiger partial charge in [-0.2, -0.15) is 0 Å². The molecule has 27 heavy (non-hydrogen) atoms. The van der Waals surface area contributed by atoms with E-state index in [-0.39, 0.29) is 19.4 Å². The predicted molar refractivity (Wildman–Crippen MR) is 98.8 cm³/mol. The van der Waals surface area contributed by atoms with Crippen LogP contribution in [0, 0.1) is 6.92 Å². The lowest BCUT2D eigenvalue weighted by Gasteiger charge is -2.05. The zero-order valence-corrected chi connectivity index (χ0v) is 14.8. The van der Waals surface area contributed by atoms with Crippen molar-refractivity contribution in [1.29, 1.82) is 0 Å². The zero-order chi connectivity index (χ0) is 19.1. The van der Waals surface area contributed by atoms with Crippen molar-refractivity contribution in [2.24, 2.45) is 0 Å². The van der Waals surface area contributed by atoms with Gasteiger partial charge in [0.25, 0.3) is 5.91 Å². The second-order valence-corrected chi connectivity index (χ2v) is 5.94. The molecule has 138 valence electrons. The number of para-hydroxylation sites is 1. The van der Waals surface area contributed by atoms with Gasteiger partial charge in [0.1, 0.15) is 0 Å². The van der Waals surface area contributed by atoms with Crippen LogP contribution in [0.3, 0.4) is 0 Å². The molecule has 2 aromatic carbocycles. The van der Waals surface area contributed by atoms with E-state index in [4.69, 9.17) is 9.15 Å². The van der Waals surface area contributed by atoms with Gasteiger partial charge < -0.3 is 14.5 Å². The molecule has 0 spiro atoms. The smallest absolute Gasteiger partial charge is 0.306 e. The summed E-state index contributed by atoms with van der Waals surface area (Å²) in [5.41, 5.74) is 2.60. The molecule has 1 heterocycles. The summed E-state index contributed by atoms with van der Waals surface area (Å²) in [6, 6.07) is 16.7. The van der Waals surface area contributed by atoms with E-state index in [1.807, 2.05) is 37.3 Å². The molecule has 0 saturated carbocycles. The molecule has 0 aliphatic carbocycles. The Hall–Kier alpha value is -3.48. The van der Waals surface area contributed by atoms with E-state index in [0.29, 0.717) is 17.5 Å². The van der Waals surface area contributed by atoms with Crippen LogP contribution in [0.25, 0.3) is 11.5 Å². The summed E-state index contributed by atoms with van der Waals surface area (Å²) in [6.07, 6.45) is 0.298. The third-order valence-electron chi connectivity index (χ3n) is 3.73. The van der Waals surface area contributed by atoms with Gasteiger partial charge in [0.15, 0.2) is 6.61 Å². The lowest BCUT2D eigenvalue weighted by molar-refractivity contribution is -0.147. The van der Waals surface area contributed by atoms with Crippen molar-refractivity contribution in [3.8, 4) is 11.5 Å². The van der Waals surface area contributed by atoms with E-state index in [1.165, 1.54) is 0 Å². The van der Waals surface area contributed by atoms with Crippen LogP contribution in [-0.2, 0) is 20.7 Å². The van der Waals surface area contributed by atoms with Crippen molar-refractivity contribution in [3.63, 3.8) is 0 Å². The van der Waals surface area contributed by atoms with Crippen LogP contribution in [0.5, 0.6) is 0 Å². The highest BCUT2D eigenvalue weighted by Crippen LogP contribution is 2.18. The van der Waals surface area contributed by atoms with Gasteiger partial charge in [0.2, 0.25) is 11.8 Å². The largest absolute Gasteiger partial charge is 0.456 e. The van der Waals surface area contributed by atoms with E-state index in [2.05, 4.69) is 15.5 Å². The Balaban J connectivity index is 1.43. The van der Waals surface area contributed by atoms with Gasteiger partial charge in [0.05, 0.1) is 6.42 Å². The number of aromatic nitrogens is 2. The number of aryl methyl sites for hydroxylation is 2. The second kappa shape index (κ2) is 8.75. The molecule has 1 N–H and O–H groups in total. The standard InChI is InChI=1S/C20H19N3O4/c1-14-7-9-15(10-8-14)20-23-22-18(27-20)11-12-19(25)26-13-17(24)21-16-5-3-2-4-6-16/h2-10H,11-13H2,1H3,(H,21,24). The van der Waals surface area contributed by atoms with Crippen molar-refractivity contribution in [2.45, 2.75) is 19.8 Å². The molecule has 0 fully saturated rings. The molecular weight excluding hydrogens is 346 g/mol. The minimum absolute atomic E-state index is 0.0498. The molecule has 0 unspecified atom stereocenters. The topological polar surface area (TPSA) is 94.3 Å². The molecule has 3 rings (SSSR count). The maximum absolute atomic E-state index is 11.8. The molecule has 7 heteroatoms. The number of hydrogen-bond acceptors (Lipinski definition) is 6. The zero-order valence-electron chi connectivity index (χ0n) is 14.8. The van der Waals surface area contributed by atoms with Gasteiger partial charge in [-0.15, -0.1) is 10.2 Å². The third-order valence-corrected chi connectivity index (χ3v) is 3.73. The first-order valence-electron chi connectivity index (χ1n) is 8.50. The van der Waals surface area contributed by atoms with E-state index in [0.717, 1.165) is 11.1 Å². The molecule has 3 aromatic rings. The van der Waals surface area contributed by atoms with E-state index < -0.39 is 11.9 Å². The molecule has 0 aliphatic heterocycles. The molecule has 1 aromatic heterocycles. The number of amides is 1. The number of ether oxygens (including phenoxy) is 1. The molecular formula is C20H19N3O4. The quantitative estimate of drug-likeness (QED) is 0.646. The first kappa shape index (κ1) is 18.3. The molecule has 1 amide bonds. The highest BCUT2D eigenvalue weighted by Gasteiger charge is 2.12. The van der Waals surface area contributed by atoms with Crippen molar-refractivity contribution >= 4 is 17.6 Å². The molecule has 0 atom stereocenters. The van der Waals surface area contributed by atoms with Crippen LogP contribution in [0.4, 0.5) is 5.69 Å². The lowest BCUT2D eigenvalue weighted by Crippen LogP contribution is -2.21. The fourth-order valence-corrected chi connectivity index (χ4v) is 2.31. The fraction of sp³-hybridized carbons (Fsp3) is 0.200. The number of carbonyl (C=O) groups is 2. The Morgan fingerprint density at radius 1 is 1.04 bits per heavy atom. The van der Waals surface area contributed by atoms with E-state index in [9.17, 15) is 9.59 Å². The van der Waals surface area contributed by atoms with Crippen molar-refractivity contribution in [1.82, 2.24) is 10.2 Å². The van der Waals surface area contributed by atoms with Crippen LogP contribution >= 0.6 is 0 Å². The predicted octanol–water partition coefficient (Wildman–Crippen LogP) is 3.16. The van der Waals surface area contributed by atoms with Gasteiger partial charge in [-0.1, -0.05) is 35.9 Å². The minimum Gasteiger partial charge on any atom is -0.456 e. The first-order chi connectivity index (χ1) is 13.1. The summed E-state index contributed by atoms with van der Waals surface area (Å²) < 4.78 is 10.5. The van der Waals surface area contributed by atoms with Crippen LogP contribution in [0.2, 0.25) is 0 Å². The van der Waals surface area contributed by atoms with Crippen LogP contribution in [0.1, 0.15) is 17.9 Å². The summed E-state index contributed by atoms with van der Waals surface area (Å²) >= 11 is 0. The van der Waals surface area contributed by atoms with Crippen LogP contribution in [-0.4, -0.2) is 28.7 Å². The highest BCUT2D eigenvalue weighted by molar-refractivity contribution is 5.92. The first-order valence-corrected chi connectivity index (χ1v) is 8.50. The summed E-state index contributed by atoms with van der Waals surface area (Å²) in [5, 5.41) is 10.6. The summed E-state index contributed by atoms with van der Waals surface area (Å²) in [7, 11) is 0. The third kappa shape index (κ3) is 5.50. The van der Waals surface area contributed by atoms with E-state index in [1.54, 1.807) is 24.3 Å². The lowest BCUT2D eigenvalue weighted by atomic mass is 10.1. The van der Waals surface area contributed by atoms with Crippen molar-refractivity contribution < 1.29 is 18.7 Å². The average Bonchev–Trinajstić information content (AvgIpc) is 3.15. The number of nitrogens with zero attached hydrogens (tertiary/aromatic N) is 2. The van der Waals surface area contributed by atoms with Gasteiger partial charge >= 0.3 is 5.97 Å². The number of nitrogens with one attached hydrogen (secondary N) is 1. The van der Waals surface area contributed by atoms with Gasteiger partial charge in [0, 0.05) is 17.7 Å². The molecule has 0 bridgehead atoms. The number of benzene rings is 2. The number of rotatable bonds is 7. The van der Waals surface area contributed by atoms with Gasteiger partial charge in [-0.3, -0.25) is 9.59 Å². The van der Waals surface area contributed by atoms with Crippen molar-refractivity contribution in [3.05, 3.63) is 66.1 Å². The number of esters is 1. The summed E-state index contributed by atoms with van der Waals surface area (Å²) in [4.78, 5) is 23.5. The number of hydrogen-bond donors (Lipinski definition) is 1. The Kier molecular flexibility index (Phi) is 5.94. The normalized spacial score (nSPS) is 10.4. The minimum atomic E-state index is -0.506. The molecule has 0 radical (unpaired) electrons. The van der Waals surface area contributed by atoms with Gasteiger partial charge in [-0.05, 0) is 31.2 Å². The number of anilines is 1. The van der Waals surface area contributed by atoms with Crippen LogP contribution in [0.15, 0.2) is 59.0 Å².